The van der Waals surface area contributed by atoms with E-state index in [4.69, 9.17) is 0 Å². The number of nitrogens with zero attached hydrogens (tertiary/aromatic N) is 1. The normalized spacial score (nSPS) is 10.4. The monoisotopic (exact) mass is 231 g/mol. The molecule has 0 saturated heterocycles. The van der Waals surface area contributed by atoms with Crippen LogP contribution in [0.4, 0.5) is 0 Å². The molecule has 0 aliphatic heterocycles. The number of hydrogen-bond acceptors (Lipinski definition) is 2. The van der Waals surface area contributed by atoms with E-state index in [-0.39, 0.29) is 5.56 Å². The van der Waals surface area contributed by atoms with Crippen LogP contribution in [0.1, 0.15) is 5.56 Å². The summed E-state index contributed by atoms with van der Waals surface area (Å²) in [5.41, 5.74) is 2.03. The minimum Gasteiger partial charge on any atom is -0.283 e. The van der Waals surface area contributed by atoms with Crippen LogP contribution in [0.5, 0.6) is 0 Å². The van der Waals surface area contributed by atoms with Crippen molar-refractivity contribution >= 4 is 11.8 Å². The van der Waals surface area contributed by atoms with Crippen LogP contribution in [-0.4, -0.2) is 10.8 Å². The molecule has 1 aromatic heterocycles. The van der Waals surface area contributed by atoms with Crippen molar-refractivity contribution in [3.63, 3.8) is 0 Å². The lowest BCUT2D eigenvalue weighted by Crippen LogP contribution is -2.17. The molecule has 0 atom stereocenters. The fourth-order valence-corrected chi connectivity index (χ4v) is 2.20. The van der Waals surface area contributed by atoms with Crippen molar-refractivity contribution in [3.8, 4) is 5.69 Å². The highest BCUT2D eigenvalue weighted by molar-refractivity contribution is 7.98. The number of thioether (sulfide) groups is 1. The van der Waals surface area contributed by atoms with Gasteiger partial charge < -0.3 is 0 Å². The van der Waals surface area contributed by atoms with Crippen molar-refractivity contribution in [2.45, 2.75) is 11.8 Å². The van der Waals surface area contributed by atoms with Gasteiger partial charge in [0.05, 0.1) is 5.69 Å². The Bertz CT molecular complexity index is 560. The van der Waals surface area contributed by atoms with Crippen LogP contribution in [0.3, 0.4) is 0 Å². The number of aryl methyl sites for hydroxylation is 1. The summed E-state index contributed by atoms with van der Waals surface area (Å²) in [6.07, 6.45) is 3.89. The Kier molecular flexibility index (Phi) is 3.15. The molecular formula is C13H13NOS. The smallest absolute Gasteiger partial charge is 0.255 e. The van der Waals surface area contributed by atoms with Gasteiger partial charge in [-0.2, -0.15) is 0 Å². The Hall–Kier alpha value is -1.48. The molecule has 0 N–H and O–H groups in total. The fraction of sp³-hybridized carbons (Fsp3) is 0.154. The van der Waals surface area contributed by atoms with Crippen molar-refractivity contribution in [2.24, 2.45) is 0 Å². The van der Waals surface area contributed by atoms with E-state index in [2.05, 4.69) is 0 Å². The van der Waals surface area contributed by atoms with Crippen LogP contribution >= 0.6 is 11.8 Å². The minimum absolute atomic E-state index is 0.00657. The van der Waals surface area contributed by atoms with E-state index in [1.807, 2.05) is 49.7 Å². The Morgan fingerprint density at radius 3 is 2.62 bits per heavy atom. The van der Waals surface area contributed by atoms with Crippen molar-refractivity contribution in [1.82, 2.24) is 4.57 Å². The molecule has 2 nitrogen and oxygen atoms in total. The fourth-order valence-electron chi connectivity index (χ4n) is 1.61. The van der Waals surface area contributed by atoms with E-state index in [1.165, 1.54) is 0 Å². The lowest BCUT2D eigenvalue weighted by Gasteiger charge is -2.10. The van der Waals surface area contributed by atoms with E-state index in [0.717, 1.165) is 16.1 Å². The van der Waals surface area contributed by atoms with Gasteiger partial charge in [-0.15, -0.1) is 11.8 Å². The summed E-state index contributed by atoms with van der Waals surface area (Å²) >= 11 is 1.65. The van der Waals surface area contributed by atoms with E-state index >= 15 is 0 Å². The zero-order chi connectivity index (χ0) is 11.5. The Balaban J connectivity index is 2.67. The van der Waals surface area contributed by atoms with Crippen LogP contribution < -0.4 is 5.56 Å². The average molecular weight is 231 g/mol. The second-order valence-corrected chi connectivity index (χ2v) is 4.43. The summed E-state index contributed by atoms with van der Waals surface area (Å²) in [4.78, 5) is 12.9. The van der Waals surface area contributed by atoms with Crippen molar-refractivity contribution in [1.29, 1.82) is 0 Å². The molecule has 1 aromatic carbocycles. The van der Waals surface area contributed by atoms with Crippen LogP contribution in [0.25, 0.3) is 5.69 Å². The molecule has 2 rings (SSSR count). The number of pyridine rings is 1. The maximum atomic E-state index is 11.8. The van der Waals surface area contributed by atoms with Gasteiger partial charge in [-0.3, -0.25) is 9.36 Å². The number of benzene rings is 1. The number of rotatable bonds is 2. The van der Waals surface area contributed by atoms with Crippen LogP contribution in [0.2, 0.25) is 0 Å². The van der Waals surface area contributed by atoms with Gasteiger partial charge in [0, 0.05) is 17.2 Å². The first-order valence-corrected chi connectivity index (χ1v) is 6.27. The summed E-state index contributed by atoms with van der Waals surface area (Å²) in [5.74, 6) is 0. The van der Waals surface area contributed by atoms with E-state index in [9.17, 15) is 4.79 Å². The molecular weight excluding hydrogens is 218 g/mol. The minimum atomic E-state index is 0.00657. The molecule has 3 heteroatoms. The van der Waals surface area contributed by atoms with Crippen LogP contribution in [0.15, 0.2) is 52.3 Å². The molecule has 0 saturated carbocycles. The molecule has 2 aromatic rings. The molecule has 0 fully saturated rings. The largest absolute Gasteiger partial charge is 0.283 e. The zero-order valence-corrected chi connectivity index (χ0v) is 10.1. The first-order valence-electron chi connectivity index (χ1n) is 5.05. The van der Waals surface area contributed by atoms with Gasteiger partial charge >= 0.3 is 0 Å². The predicted octanol–water partition coefficient (Wildman–Crippen LogP) is 2.87. The Morgan fingerprint density at radius 1 is 1.12 bits per heavy atom. The van der Waals surface area contributed by atoms with Gasteiger partial charge in [0.2, 0.25) is 0 Å². The molecule has 16 heavy (non-hydrogen) atoms. The topological polar surface area (TPSA) is 22.0 Å². The van der Waals surface area contributed by atoms with E-state index in [0.29, 0.717) is 0 Å². The highest BCUT2D eigenvalue weighted by Crippen LogP contribution is 2.22. The molecule has 1 heterocycles. The maximum Gasteiger partial charge on any atom is 0.255 e. The van der Waals surface area contributed by atoms with E-state index < -0.39 is 0 Å². The summed E-state index contributed by atoms with van der Waals surface area (Å²) in [6, 6.07) is 11.4. The molecule has 0 unspecified atom stereocenters. The quantitative estimate of drug-likeness (QED) is 0.741. The molecule has 0 aliphatic carbocycles. The summed E-state index contributed by atoms with van der Waals surface area (Å²) in [6.45, 7) is 1.98. The average Bonchev–Trinajstić information content (AvgIpc) is 2.32. The second kappa shape index (κ2) is 4.58. The lowest BCUT2D eigenvalue weighted by atomic mass is 10.2. The second-order valence-electron chi connectivity index (χ2n) is 3.59. The maximum absolute atomic E-state index is 11.8. The van der Waals surface area contributed by atoms with E-state index in [1.54, 1.807) is 22.4 Å². The third-order valence-corrected chi connectivity index (χ3v) is 3.19. The lowest BCUT2D eigenvalue weighted by molar-refractivity contribution is 0.952. The third kappa shape index (κ3) is 2.04. The molecule has 0 amide bonds. The number of para-hydroxylation sites is 1. The van der Waals surface area contributed by atoms with Gasteiger partial charge in [0.15, 0.2) is 0 Å². The van der Waals surface area contributed by atoms with Crippen molar-refractivity contribution in [2.75, 3.05) is 6.26 Å². The first kappa shape index (κ1) is 11.0. The number of hydrogen-bond donors (Lipinski definition) is 0. The highest BCUT2D eigenvalue weighted by Gasteiger charge is 2.04. The van der Waals surface area contributed by atoms with Crippen LogP contribution in [0, 0.1) is 6.92 Å². The molecule has 82 valence electrons. The van der Waals surface area contributed by atoms with Crippen molar-refractivity contribution < 1.29 is 0 Å². The molecule has 0 spiro atoms. The zero-order valence-electron chi connectivity index (χ0n) is 9.31. The predicted molar refractivity (Wildman–Crippen MR) is 68.6 cm³/mol. The SMILES string of the molecule is CSc1ccccc1-n1cc(C)ccc1=O. The third-order valence-electron chi connectivity index (χ3n) is 2.40. The molecule has 0 radical (unpaired) electrons. The number of aromatic nitrogens is 1. The standard InChI is InChI=1S/C13H13NOS/c1-10-7-8-13(15)14(9-10)11-5-3-4-6-12(11)16-2/h3-9H,1-2H3. The Morgan fingerprint density at radius 2 is 1.88 bits per heavy atom. The van der Waals surface area contributed by atoms with Gasteiger partial charge in [-0.1, -0.05) is 18.2 Å². The summed E-state index contributed by atoms with van der Waals surface area (Å²) in [5, 5.41) is 0. The van der Waals surface area contributed by atoms with Gasteiger partial charge in [-0.25, -0.2) is 0 Å². The summed E-state index contributed by atoms with van der Waals surface area (Å²) in [7, 11) is 0. The van der Waals surface area contributed by atoms with Gasteiger partial charge in [-0.05, 0) is 30.9 Å². The summed E-state index contributed by atoms with van der Waals surface area (Å²) < 4.78 is 1.70. The van der Waals surface area contributed by atoms with Gasteiger partial charge in [0.1, 0.15) is 0 Å². The molecule has 0 aliphatic rings. The van der Waals surface area contributed by atoms with Gasteiger partial charge in [0.25, 0.3) is 5.56 Å². The molecule has 0 bridgehead atoms. The van der Waals surface area contributed by atoms with Crippen molar-refractivity contribution in [3.05, 3.63) is 58.5 Å². The highest BCUT2D eigenvalue weighted by atomic mass is 32.2. The van der Waals surface area contributed by atoms with Crippen LogP contribution in [-0.2, 0) is 0 Å². The Labute approximate surface area is 98.9 Å². The first-order chi connectivity index (χ1) is 7.72.